The minimum atomic E-state index is -0.877. The van der Waals surface area contributed by atoms with Crippen LogP contribution in [0.3, 0.4) is 0 Å². The number of nitrogens with one attached hydrogen (secondary N) is 1. The molecule has 0 spiro atoms. The van der Waals surface area contributed by atoms with Gasteiger partial charge in [0.25, 0.3) is 5.69 Å². The molecule has 2 aromatic rings. The van der Waals surface area contributed by atoms with Gasteiger partial charge in [0, 0.05) is 43.0 Å². The summed E-state index contributed by atoms with van der Waals surface area (Å²) in [6.45, 7) is 7.71. The van der Waals surface area contributed by atoms with Crippen molar-refractivity contribution in [3.63, 3.8) is 0 Å². The number of aryl methyl sites for hydroxylation is 1. The molecule has 4 rings (SSSR count). The topological polar surface area (TPSA) is 111 Å². The molecule has 1 unspecified atom stereocenters. The van der Waals surface area contributed by atoms with Crippen LogP contribution in [0, 0.1) is 10.1 Å². The average Bonchev–Trinajstić information content (AvgIpc) is 3.28. The Morgan fingerprint density at radius 2 is 1.77 bits per heavy atom. The van der Waals surface area contributed by atoms with Crippen LogP contribution in [-0.4, -0.2) is 54.1 Å². The van der Waals surface area contributed by atoms with Gasteiger partial charge in [-0.15, -0.1) is 0 Å². The van der Waals surface area contributed by atoms with Crippen LogP contribution in [0.5, 0.6) is 0 Å². The van der Waals surface area contributed by atoms with E-state index in [0.717, 1.165) is 25.9 Å². The second kappa shape index (κ2) is 11.8. The van der Waals surface area contributed by atoms with Crippen molar-refractivity contribution >= 4 is 17.6 Å². The van der Waals surface area contributed by atoms with Gasteiger partial charge in [0.2, 0.25) is 0 Å². The minimum Gasteiger partial charge on any atom is -0.466 e. The van der Waals surface area contributed by atoms with E-state index in [-0.39, 0.29) is 16.8 Å². The van der Waals surface area contributed by atoms with E-state index in [2.05, 4.69) is 22.3 Å². The van der Waals surface area contributed by atoms with Crippen LogP contribution < -0.4 is 5.32 Å². The Morgan fingerprint density at radius 1 is 1.08 bits per heavy atom. The number of hydrogen-bond acceptors (Lipinski definition) is 8. The number of dihydropyridines is 1. The number of carbonyl (C=O) groups excluding carboxylic acids is 2. The van der Waals surface area contributed by atoms with Crippen molar-refractivity contribution in [1.29, 1.82) is 0 Å². The molecule has 9 nitrogen and oxygen atoms in total. The third-order valence-corrected chi connectivity index (χ3v) is 7.44. The van der Waals surface area contributed by atoms with Crippen LogP contribution in [0.25, 0.3) is 0 Å². The molecule has 1 N–H and O–H groups in total. The maximum Gasteiger partial charge on any atom is 0.337 e. The van der Waals surface area contributed by atoms with Gasteiger partial charge in [0.1, 0.15) is 5.60 Å². The number of non-ortho nitro benzene ring substituents is 1. The van der Waals surface area contributed by atoms with Crippen LogP contribution >= 0.6 is 0 Å². The third-order valence-electron chi connectivity index (χ3n) is 7.44. The molecule has 1 fully saturated rings. The molecule has 2 atom stereocenters. The standard InChI is InChI=1S/C30H35N3O6/c1-20-25(28(34)38-4)27(23-13-8-14-24(18-23)33(36)37)26(21(2)31-20)29(35)39-30(3)15-17-32(19-30)16-9-12-22-10-6-5-7-11-22/h5-8,10-11,13-14,18,27,31H,9,12,15-17,19H2,1-4H3/t27-,30?/m0/s1. The number of ether oxygens (including phenoxy) is 2. The molecule has 2 aliphatic heterocycles. The summed E-state index contributed by atoms with van der Waals surface area (Å²) in [6, 6.07) is 16.3. The molecule has 0 radical (unpaired) electrons. The summed E-state index contributed by atoms with van der Waals surface area (Å²) in [5, 5.41) is 14.6. The lowest BCUT2D eigenvalue weighted by Gasteiger charge is -2.32. The quantitative estimate of drug-likeness (QED) is 0.282. The Labute approximate surface area is 228 Å². The van der Waals surface area contributed by atoms with Crippen molar-refractivity contribution in [1.82, 2.24) is 10.2 Å². The number of hydrogen-bond donors (Lipinski definition) is 1. The highest BCUT2D eigenvalue weighted by Gasteiger charge is 2.42. The number of methoxy groups -OCH3 is 1. The summed E-state index contributed by atoms with van der Waals surface area (Å²) in [7, 11) is 1.27. The number of esters is 2. The summed E-state index contributed by atoms with van der Waals surface area (Å²) in [6.07, 6.45) is 2.67. The fraction of sp³-hybridized carbons (Fsp3) is 0.400. The Balaban J connectivity index is 1.54. The van der Waals surface area contributed by atoms with Crippen molar-refractivity contribution in [3.05, 3.63) is 98.4 Å². The fourth-order valence-corrected chi connectivity index (χ4v) is 5.53. The summed E-state index contributed by atoms with van der Waals surface area (Å²) < 4.78 is 11.2. The van der Waals surface area contributed by atoms with E-state index < -0.39 is 28.4 Å². The van der Waals surface area contributed by atoms with Crippen LogP contribution in [0.15, 0.2) is 77.1 Å². The molecule has 0 amide bonds. The lowest BCUT2D eigenvalue weighted by molar-refractivity contribution is -0.384. The zero-order valence-corrected chi connectivity index (χ0v) is 22.9. The lowest BCUT2D eigenvalue weighted by Crippen LogP contribution is -2.39. The van der Waals surface area contributed by atoms with E-state index in [0.29, 0.717) is 29.9 Å². The molecule has 206 valence electrons. The van der Waals surface area contributed by atoms with Crippen molar-refractivity contribution in [3.8, 4) is 0 Å². The van der Waals surface area contributed by atoms with E-state index in [9.17, 15) is 19.7 Å². The predicted octanol–water partition coefficient (Wildman–Crippen LogP) is 4.64. The van der Waals surface area contributed by atoms with Gasteiger partial charge < -0.3 is 14.8 Å². The Morgan fingerprint density at radius 3 is 2.44 bits per heavy atom. The van der Waals surface area contributed by atoms with Gasteiger partial charge in [0.05, 0.1) is 29.1 Å². The van der Waals surface area contributed by atoms with Gasteiger partial charge in [-0.2, -0.15) is 0 Å². The molecule has 2 aliphatic rings. The largest absolute Gasteiger partial charge is 0.466 e. The predicted molar refractivity (Wildman–Crippen MR) is 147 cm³/mol. The molecule has 0 saturated carbocycles. The molecule has 1 saturated heterocycles. The minimum absolute atomic E-state index is 0.132. The lowest BCUT2D eigenvalue weighted by atomic mass is 9.80. The number of nitrogens with zero attached hydrogens (tertiary/aromatic N) is 2. The van der Waals surface area contributed by atoms with Crippen LogP contribution in [0.4, 0.5) is 5.69 Å². The van der Waals surface area contributed by atoms with Crippen LogP contribution in [-0.2, 0) is 25.5 Å². The zero-order valence-electron chi connectivity index (χ0n) is 22.9. The summed E-state index contributed by atoms with van der Waals surface area (Å²) in [5.74, 6) is -2.05. The van der Waals surface area contributed by atoms with Crippen molar-refractivity contribution in [2.75, 3.05) is 26.7 Å². The van der Waals surface area contributed by atoms with Gasteiger partial charge >= 0.3 is 11.9 Å². The maximum absolute atomic E-state index is 13.8. The molecule has 2 heterocycles. The van der Waals surface area contributed by atoms with E-state index in [1.165, 1.54) is 24.8 Å². The molecule has 9 heteroatoms. The Bertz CT molecular complexity index is 1320. The fourth-order valence-electron chi connectivity index (χ4n) is 5.53. The Kier molecular flexibility index (Phi) is 8.50. The molecule has 0 aliphatic carbocycles. The molecule has 0 bridgehead atoms. The second-order valence-electron chi connectivity index (χ2n) is 10.4. The molecular weight excluding hydrogens is 498 g/mol. The number of allylic oxidation sites excluding steroid dienone is 2. The number of nitro benzene ring substituents is 1. The number of carbonyl (C=O) groups is 2. The van der Waals surface area contributed by atoms with Gasteiger partial charge in [-0.1, -0.05) is 42.5 Å². The van der Waals surface area contributed by atoms with E-state index in [4.69, 9.17) is 9.47 Å². The highest BCUT2D eigenvalue weighted by atomic mass is 16.6. The van der Waals surface area contributed by atoms with E-state index in [1.54, 1.807) is 26.0 Å². The third kappa shape index (κ3) is 6.37. The summed E-state index contributed by atoms with van der Waals surface area (Å²) >= 11 is 0. The first kappa shape index (κ1) is 28.0. The second-order valence-corrected chi connectivity index (χ2v) is 10.4. The van der Waals surface area contributed by atoms with Crippen molar-refractivity contribution in [2.24, 2.45) is 0 Å². The highest BCUT2D eigenvalue weighted by Crippen LogP contribution is 2.41. The van der Waals surface area contributed by atoms with Gasteiger partial charge in [-0.25, -0.2) is 9.59 Å². The average molecular weight is 534 g/mol. The van der Waals surface area contributed by atoms with Gasteiger partial charge in [0.15, 0.2) is 0 Å². The van der Waals surface area contributed by atoms with E-state index >= 15 is 0 Å². The smallest absolute Gasteiger partial charge is 0.337 e. The highest BCUT2D eigenvalue weighted by molar-refractivity contribution is 6.00. The SMILES string of the molecule is COC(=O)C1=C(C)NC(C)=C(C(=O)OC2(C)CCN(CCCc3ccccc3)C2)[C@H]1c1cccc([N+](=O)[O-])c1. The van der Waals surface area contributed by atoms with Crippen molar-refractivity contribution < 1.29 is 24.0 Å². The van der Waals surface area contributed by atoms with Gasteiger partial charge in [-0.3, -0.25) is 15.0 Å². The zero-order chi connectivity index (χ0) is 28.2. The van der Waals surface area contributed by atoms with Crippen LogP contribution in [0.2, 0.25) is 0 Å². The molecule has 39 heavy (non-hydrogen) atoms. The van der Waals surface area contributed by atoms with Crippen molar-refractivity contribution in [2.45, 2.75) is 51.6 Å². The first-order valence-corrected chi connectivity index (χ1v) is 13.1. The Hall–Kier alpha value is -3.98. The van der Waals surface area contributed by atoms with E-state index in [1.807, 2.05) is 25.1 Å². The monoisotopic (exact) mass is 533 g/mol. The first-order valence-electron chi connectivity index (χ1n) is 13.1. The van der Waals surface area contributed by atoms with Crippen LogP contribution in [0.1, 0.15) is 50.7 Å². The number of nitro groups is 1. The summed E-state index contributed by atoms with van der Waals surface area (Å²) in [4.78, 5) is 40.0. The molecule has 2 aromatic carbocycles. The normalized spacial score (nSPS) is 21.5. The number of rotatable bonds is 9. The maximum atomic E-state index is 13.8. The molecule has 0 aromatic heterocycles. The molecular formula is C30H35N3O6. The number of likely N-dealkylation sites (tertiary alicyclic amines) is 1. The number of benzene rings is 2. The first-order chi connectivity index (χ1) is 18.6. The van der Waals surface area contributed by atoms with Gasteiger partial charge in [-0.05, 0) is 51.3 Å². The summed E-state index contributed by atoms with van der Waals surface area (Å²) in [5.41, 5.74) is 2.41.